The zero-order valence-corrected chi connectivity index (χ0v) is 10.5. The van der Waals surface area contributed by atoms with E-state index in [-0.39, 0.29) is 0 Å². The smallest absolute Gasteiger partial charge is 0.0440 e. The first-order valence-corrected chi connectivity index (χ1v) is 6.90. The van der Waals surface area contributed by atoms with E-state index in [1.165, 1.54) is 30.6 Å². The molecule has 1 aromatic heterocycles. The fourth-order valence-corrected chi connectivity index (χ4v) is 3.63. The minimum absolute atomic E-state index is 0.595. The van der Waals surface area contributed by atoms with Crippen LogP contribution in [0.2, 0.25) is 0 Å². The van der Waals surface area contributed by atoms with Crippen molar-refractivity contribution in [2.24, 2.45) is 11.8 Å². The minimum atomic E-state index is 0.595. The zero-order chi connectivity index (χ0) is 10.7. The maximum atomic E-state index is 3.50. The Kier molecular flexibility index (Phi) is 3.81. The Morgan fingerprint density at radius 3 is 2.60 bits per heavy atom. The molecule has 2 heteroatoms. The number of rotatable bonds is 3. The van der Waals surface area contributed by atoms with Crippen LogP contribution in [0.15, 0.2) is 17.5 Å². The molecule has 84 valence electrons. The van der Waals surface area contributed by atoms with Crippen molar-refractivity contribution in [3.63, 3.8) is 0 Å². The monoisotopic (exact) mass is 223 g/mol. The van der Waals surface area contributed by atoms with Crippen LogP contribution in [0.4, 0.5) is 0 Å². The van der Waals surface area contributed by atoms with Crippen molar-refractivity contribution in [3.05, 3.63) is 22.4 Å². The first-order valence-electron chi connectivity index (χ1n) is 6.02. The van der Waals surface area contributed by atoms with Crippen molar-refractivity contribution in [3.8, 4) is 0 Å². The predicted molar refractivity (Wildman–Crippen MR) is 67.2 cm³/mol. The van der Waals surface area contributed by atoms with Crippen molar-refractivity contribution in [1.82, 2.24) is 5.32 Å². The highest BCUT2D eigenvalue weighted by atomic mass is 32.1. The van der Waals surface area contributed by atoms with E-state index in [9.17, 15) is 0 Å². The molecule has 1 saturated carbocycles. The van der Waals surface area contributed by atoms with Crippen LogP contribution in [0.5, 0.6) is 0 Å². The molecular weight excluding hydrogens is 202 g/mol. The Balaban J connectivity index is 2.01. The van der Waals surface area contributed by atoms with Gasteiger partial charge in [0.2, 0.25) is 0 Å². The summed E-state index contributed by atoms with van der Waals surface area (Å²) in [6.45, 7) is 2.38. The molecule has 15 heavy (non-hydrogen) atoms. The molecule has 0 spiro atoms. The first-order chi connectivity index (χ1) is 7.31. The number of hydrogen-bond acceptors (Lipinski definition) is 2. The van der Waals surface area contributed by atoms with Gasteiger partial charge >= 0.3 is 0 Å². The van der Waals surface area contributed by atoms with Gasteiger partial charge in [-0.15, -0.1) is 11.3 Å². The molecule has 0 amide bonds. The number of nitrogens with one attached hydrogen (secondary N) is 1. The minimum Gasteiger partial charge on any atom is -0.312 e. The van der Waals surface area contributed by atoms with Crippen molar-refractivity contribution >= 4 is 11.3 Å². The Bertz CT molecular complexity index is 273. The van der Waals surface area contributed by atoms with Gasteiger partial charge < -0.3 is 5.32 Å². The molecule has 1 heterocycles. The fraction of sp³-hybridized carbons (Fsp3) is 0.692. The molecule has 0 radical (unpaired) electrons. The summed E-state index contributed by atoms with van der Waals surface area (Å²) in [6, 6.07) is 5.03. The fourth-order valence-electron chi connectivity index (χ4n) is 2.70. The van der Waals surface area contributed by atoms with E-state index in [1.807, 2.05) is 11.3 Å². The number of hydrogen-bond donors (Lipinski definition) is 1. The van der Waals surface area contributed by atoms with Crippen LogP contribution in [-0.2, 0) is 0 Å². The van der Waals surface area contributed by atoms with Crippen LogP contribution in [-0.4, -0.2) is 7.05 Å². The van der Waals surface area contributed by atoms with Gasteiger partial charge in [0.25, 0.3) is 0 Å². The molecule has 1 aromatic rings. The topological polar surface area (TPSA) is 12.0 Å². The van der Waals surface area contributed by atoms with Crippen LogP contribution in [0.3, 0.4) is 0 Å². The van der Waals surface area contributed by atoms with Gasteiger partial charge in [0.05, 0.1) is 0 Å². The van der Waals surface area contributed by atoms with Crippen LogP contribution in [0, 0.1) is 11.8 Å². The second-order valence-electron chi connectivity index (χ2n) is 4.80. The first kappa shape index (κ1) is 11.2. The van der Waals surface area contributed by atoms with Gasteiger partial charge in [0.15, 0.2) is 0 Å². The standard InChI is InChI=1S/C13H21NS/c1-10-5-7-11(8-6-10)13(14-2)12-4-3-9-15-12/h3-4,9-11,13-14H,5-8H2,1-2H3. The lowest BCUT2D eigenvalue weighted by Gasteiger charge is -2.32. The van der Waals surface area contributed by atoms with E-state index < -0.39 is 0 Å². The van der Waals surface area contributed by atoms with Crippen molar-refractivity contribution in [2.45, 2.75) is 38.6 Å². The predicted octanol–water partition coefficient (Wildman–Crippen LogP) is 3.83. The molecule has 1 N–H and O–H groups in total. The van der Waals surface area contributed by atoms with E-state index in [0.29, 0.717) is 6.04 Å². The van der Waals surface area contributed by atoms with E-state index in [0.717, 1.165) is 11.8 Å². The summed E-state index contributed by atoms with van der Waals surface area (Å²) in [6.07, 6.45) is 5.61. The average Bonchev–Trinajstić information content (AvgIpc) is 2.75. The van der Waals surface area contributed by atoms with Gasteiger partial charge in [0, 0.05) is 10.9 Å². The summed E-state index contributed by atoms with van der Waals surface area (Å²) in [5.41, 5.74) is 0. The molecule has 1 aliphatic rings. The van der Waals surface area contributed by atoms with Crippen LogP contribution < -0.4 is 5.32 Å². The summed E-state index contributed by atoms with van der Waals surface area (Å²) in [5.74, 6) is 1.80. The second-order valence-corrected chi connectivity index (χ2v) is 5.78. The molecule has 0 aromatic carbocycles. The van der Waals surface area contributed by atoms with Crippen LogP contribution >= 0.6 is 11.3 Å². The highest BCUT2D eigenvalue weighted by molar-refractivity contribution is 7.10. The van der Waals surface area contributed by atoms with Crippen LogP contribution in [0.25, 0.3) is 0 Å². The highest BCUT2D eigenvalue weighted by Gasteiger charge is 2.26. The van der Waals surface area contributed by atoms with Crippen molar-refractivity contribution in [2.75, 3.05) is 7.05 Å². The summed E-state index contributed by atoms with van der Waals surface area (Å²) in [7, 11) is 2.10. The van der Waals surface area contributed by atoms with E-state index in [1.54, 1.807) is 0 Å². The molecule has 1 atom stereocenters. The quantitative estimate of drug-likeness (QED) is 0.821. The maximum absolute atomic E-state index is 3.50. The van der Waals surface area contributed by atoms with Crippen molar-refractivity contribution < 1.29 is 0 Å². The Morgan fingerprint density at radius 1 is 1.33 bits per heavy atom. The summed E-state index contributed by atoms with van der Waals surface area (Å²) >= 11 is 1.89. The molecule has 1 fully saturated rings. The summed E-state index contributed by atoms with van der Waals surface area (Å²) in [4.78, 5) is 1.51. The van der Waals surface area contributed by atoms with E-state index in [2.05, 4.69) is 36.8 Å². The van der Waals surface area contributed by atoms with E-state index >= 15 is 0 Å². The second kappa shape index (κ2) is 5.13. The van der Waals surface area contributed by atoms with E-state index in [4.69, 9.17) is 0 Å². The molecule has 0 bridgehead atoms. The Morgan fingerprint density at radius 2 is 2.07 bits per heavy atom. The van der Waals surface area contributed by atoms with Gasteiger partial charge in [-0.3, -0.25) is 0 Å². The molecule has 1 nitrogen and oxygen atoms in total. The van der Waals surface area contributed by atoms with Gasteiger partial charge in [-0.25, -0.2) is 0 Å². The lowest BCUT2D eigenvalue weighted by Crippen LogP contribution is -2.27. The Hall–Kier alpha value is -0.340. The normalized spacial score (nSPS) is 28.9. The highest BCUT2D eigenvalue weighted by Crippen LogP contribution is 2.37. The van der Waals surface area contributed by atoms with Gasteiger partial charge in [-0.1, -0.05) is 25.8 Å². The molecule has 0 aliphatic heterocycles. The van der Waals surface area contributed by atoms with Gasteiger partial charge in [0.1, 0.15) is 0 Å². The van der Waals surface area contributed by atoms with Crippen molar-refractivity contribution in [1.29, 1.82) is 0 Å². The molecule has 1 unspecified atom stereocenters. The van der Waals surface area contributed by atoms with Gasteiger partial charge in [-0.2, -0.15) is 0 Å². The lowest BCUT2D eigenvalue weighted by atomic mass is 9.79. The molecule has 2 rings (SSSR count). The third-order valence-corrected chi connectivity index (χ3v) is 4.65. The third-order valence-electron chi connectivity index (χ3n) is 3.69. The average molecular weight is 223 g/mol. The van der Waals surface area contributed by atoms with Crippen LogP contribution in [0.1, 0.15) is 43.5 Å². The number of thiophene rings is 1. The SMILES string of the molecule is CNC(c1cccs1)C1CCC(C)CC1. The third kappa shape index (κ3) is 2.61. The largest absolute Gasteiger partial charge is 0.312 e. The molecular formula is C13H21NS. The lowest BCUT2D eigenvalue weighted by molar-refractivity contribution is 0.240. The zero-order valence-electron chi connectivity index (χ0n) is 9.70. The molecule has 0 saturated heterocycles. The molecule has 1 aliphatic carbocycles. The Labute approximate surface area is 96.9 Å². The summed E-state index contributed by atoms with van der Waals surface area (Å²) < 4.78 is 0. The maximum Gasteiger partial charge on any atom is 0.0440 e. The summed E-state index contributed by atoms with van der Waals surface area (Å²) in [5, 5.41) is 5.69. The van der Waals surface area contributed by atoms with Gasteiger partial charge in [-0.05, 0) is 43.2 Å².